The molecule has 194 valence electrons. The number of fused-ring (bicyclic) bond motifs is 1. The van der Waals surface area contributed by atoms with Crippen LogP contribution >= 0.6 is 0 Å². The van der Waals surface area contributed by atoms with Gasteiger partial charge in [0.15, 0.2) is 14.1 Å². The lowest BCUT2D eigenvalue weighted by atomic mass is 9.76. The molecule has 2 heterocycles. The molecule has 2 aliphatic rings. The highest BCUT2D eigenvalue weighted by atomic mass is 28.4. The van der Waals surface area contributed by atoms with Crippen molar-refractivity contribution in [2.45, 2.75) is 77.9 Å². The van der Waals surface area contributed by atoms with Gasteiger partial charge in [-0.2, -0.15) is 0 Å². The number of halogens is 2. The molecule has 0 aliphatic carbocycles. The van der Waals surface area contributed by atoms with Gasteiger partial charge in [0, 0.05) is 30.9 Å². The van der Waals surface area contributed by atoms with Crippen LogP contribution in [0.1, 0.15) is 46.6 Å². The molecule has 0 spiro atoms. The van der Waals surface area contributed by atoms with Gasteiger partial charge in [-0.1, -0.05) is 40.7 Å². The SMILES string of the molecule is COC1=C2C(O[Si](C)(C)C(C)(C)C)C(C)(C)CCN2C=C(C(=O)NCc2ccc(F)cc2F)C1O. The van der Waals surface area contributed by atoms with Gasteiger partial charge in [-0.05, 0) is 36.0 Å². The van der Waals surface area contributed by atoms with E-state index in [4.69, 9.17) is 9.16 Å². The Morgan fingerprint density at radius 3 is 2.51 bits per heavy atom. The highest BCUT2D eigenvalue weighted by Crippen LogP contribution is 2.47. The molecule has 0 radical (unpaired) electrons. The maximum atomic E-state index is 14.0. The Bertz CT molecular complexity index is 1050. The van der Waals surface area contributed by atoms with Crippen molar-refractivity contribution in [3.8, 4) is 0 Å². The van der Waals surface area contributed by atoms with Gasteiger partial charge in [0.05, 0.1) is 24.5 Å². The zero-order valence-corrected chi connectivity index (χ0v) is 23.0. The quantitative estimate of drug-likeness (QED) is 0.539. The number of amides is 1. The number of carbonyl (C=O) groups is 1. The number of aliphatic hydroxyl groups is 1. The number of benzene rings is 1. The second-order valence-corrected chi connectivity index (χ2v) is 16.3. The van der Waals surface area contributed by atoms with E-state index < -0.39 is 32.0 Å². The molecule has 0 aromatic heterocycles. The van der Waals surface area contributed by atoms with Gasteiger partial charge in [-0.15, -0.1) is 0 Å². The van der Waals surface area contributed by atoms with Crippen molar-refractivity contribution in [1.29, 1.82) is 0 Å². The molecule has 1 aromatic rings. The number of carbonyl (C=O) groups excluding carboxylic acids is 1. The first-order valence-electron chi connectivity index (χ1n) is 11.9. The molecule has 0 saturated carbocycles. The van der Waals surface area contributed by atoms with Crippen LogP contribution in [0.2, 0.25) is 18.1 Å². The third kappa shape index (κ3) is 5.47. The van der Waals surface area contributed by atoms with E-state index in [0.717, 1.165) is 24.3 Å². The van der Waals surface area contributed by atoms with Crippen LogP contribution in [0.15, 0.2) is 41.4 Å². The predicted octanol–water partition coefficient (Wildman–Crippen LogP) is 4.82. The monoisotopic (exact) mass is 508 g/mol. The average molecular weight is 509 g/mol. The fourth-order valence-corrected chi connectivity index (χ4v) is 5.51. The van der Waals surface area contributed by atoms with Crippen LogP contribution in [0.5, 0.6) is 0 Å². The van der Waals surface area contributed by atoms with Crippen molar-refractivity contribution in [2.75, 3.05) is 13.7 Å². The minimum atomic E-state index is -2.18. The van der Waals surface area contributed by atoms with Gasteiger partial charge in [0.1, 0.15) is 17.7 Å². The molecule has 2 N–H and O–H groups in total. The minimum Gasteiger partial charge on any atom is -0.496 e. The van der Waals surface area contributed by atoms with Crippen molar-refractivity contribution in [2.24, 2.45) is 5.41 Å². The summed E-state index contributed by atoms with van der Waals surface area (Å²) in [6.07, 6.45) is 0.824. The van der Waals surface area contributed by atoms with Crippen molar-refractivity contribution in [3.63, 3.8) is 0 Å². The molecule has 1 fully saturated rings. The molecule has 3 rings (SSSR count). The Balaban J connectivity index is 1.90. The van der Waals surface area contributed by atoms with E-state index in [9.17, 15) is 18.7 Å². The molecule has 1 saturated heterocycles. The number of nitrogens with one attached hydrogen (secondary N) is 1. The predicted molar refractivity (Wildman–Crippen MR) is 134 cm³/mol. The number of hydrogen-bond acceptors (Lipinski definition) is 5. The largest absolute Gasteiger partial charge is 0.496 e. The molecule has 35 heavy (non-hydrogen) atoms. The zero-order valence-electron chi connectivity index (χ0n) is 22.0. The van der Waals surface area contributed by atoms with Gasteiger partial charge in [0.25, 0.3) is 5.91 Å². The molecule has 6 nitrogen and oxygen atoms in total. The number of methoxy groups -OCH3 is 1. The third-order valence-corrected chi connectivity index (χ3v) is 11.9. The lowest BCUT2D eigenvalue weighted by Crippen LogP contribution is -2.55. The number of aliphatic hydroxyl groups excluding tert-OH is 1. The van der Waals surface area contributed by atoms with E-state index in [2.05, 4.69) is 53.0 Å². The van der Waals surface area contributed by atoms with Gasteiger partial charge in [-0.3, -0.25) is 4.79 Å². The van der Waals surface area contributed by atoms with E-state index in [1.165, 1.54) is 13.2 Å². The van der Waals surface area contributed by atoms with Crippen LogP contribution in [0.25, 0.3) is 0 Å². The molecular formula is C26H38F2N2O4Si. The fourth-order valence-electron chi connectivity index (χ4n) is 4.13. The Morgan fingerprint density at radius 2 is 1.94 bits per heavy atom. The standard InChI is InChI=1S/C26H38F2N2O4Si/c1-25(2,3)35(7,8)34-23-20-22(33-6)21(31)18(15-30(20)12-11-26(23,4)5)24(32)29-14-16-9-10-17(27)13-19(16)28/h9-10,13,15,21,23,31H,11-12,14H2,1-8H3,(H,29,32). The first-order chi connectivity index (χ1) is 16.1. The first-order valence-corrected chi connectivity index (χ1v) is 14.8. The number of piperidine rings is 1. The number of ether oxygens (including phenoxy) is 1. The smallest absolute Gasteiger partial charge is 0.252 e. The van der Waals surface area contributed by atoms with Crippen LogP contribution in [-0.4, -0.2) is 50.1 Å². The zero-order chi connectivity index (χ0) is 26.3. The first kappa shape index (κ1) is 27.4. The minimum absolute atomic E-state index is 0.0110. The summed E-state index contributed by atoms with van der Waals surface area (Å²) in [5.74, 6) is -1.70. The molecule has 0 bridgehead atoms. The summed E-state index contributed by atoms with van der Waals surface area (Å²) in [6.45, 7) is 15.7. The van der Waals surface area contributed by atoms with Crippen LogP contribution in [0.4, 0.5) is 8.78 Å². The summed E-state index contributed by atoms with van der Waals surface area (Å²) >= 11 is 0. The number of hydrogen-bond donors (Lipinski definition) is 2. The van der Waals surface area contributed by atoms with Gasteiger partial charge >= 0.3 is 0 Å². The summed E-state index contributed by atoms with van der Waals surface area (Å²) in [4.78, 5) is 14.9. The van der Waals surface area contributed by atoms with Crippen molar-refractivity contribution < 1.29 is 27.8 Å². The van der Waals surface area contributed by atoms with Gasteiger partial charge in [0.2, 0.25) is 0 Å². The summed E-state index contributed by atoms with van der Waals surface area (Å²) in [5, 5.41) is 13.8. The summed E-state index contributed by atoms with van der Waals surface area (Å²) in [5.41, 5.74) is 0.774. The highest BCUT2D eigenvalue weighted by Gasteiger charge is 2.50. The number of rotatable bonds is 6. The second kappa shape index (κ2) is 9.67. The fraction of sp³-hybridized carbons (Fsp3) is 0.577. The molecule has 2 aliphatic heterocycles. The summed E-state index contributed by atoms with van der Waals surface area (Å²) < 4.78 is 39.7. The molecule has 2 unspecified atom stereocenters. The van der Waals surface area contributed by atoms with Crippen molar-refractivity contribution in [3.05, 3.63) is 58.6 Å². The Kier molecular flexibility index (Phi) is 7.56. The molecule has 1 aromatic carbocycles. The van der Waals surface area contributed by atoms with E-state index >= 15 is 0 Å². The summed E-state index contributed by atoms with van der Waals surface area (Å²) in [7, 11) is -0.705. The lowest BCUT2D eigenvalue weighted by Gasteiger charge is -2.51. The highest BCUT2D eigenvalue weighted by molar-refractivity contribution is 6.74. The second-order valence-electron chi connectivity index (χ2n) is 11.5. The Hall–Kier alpha value is -2.23. The van der Waals surface area contributed by atoms with E-state index in [1.54, 1.807) is 6.20 Å². The van der Waals surface area contributed by atoms with Crippen LogP contribution in [0, 0.1) is 17.0 Å². The van der Waals surface area contributed by atoms with Gasteiger partial charge < -0.3 is 24.5 Å². The van der Waals surface area contributed by atoms with Crippen LogP contribution < -0.4 is 5.32 Å². The normalized spacial score (nSPS) is 22.5. The molecule has 9 heteroatoms. The Labute approximate surface area is 208 Å². The summed E-state index contributed by atoms with van der Waals surface area (Å²) in [6, 6.07) is 3.19. The van der Waals surface area contributed by atoms with Crippen LogP contribution in [-0.2, 0) is 20.5 Å². The molecular weight excluding hydrogens is 470 g/mol. The average Bonchev–Trinajstić information content (AvgIpc) is 2.74. The van der Waals surface area contributed by atoms with E-state index in [-0.39, 0.29) is 40.0 Å². The van der Waals surface area contributed by atoms with Gasteiger partial charge in [-0.25, -0.2) is 8.78 Å². The number of nitrogens with zero attached hydrogens (tertiary/aromatic N) is 1. The van der Waals surface area contributed by atoms with E-state index in [0.29, 0.717) is 6.54 Å². The van der Waals surface area contributed by atoms with Crippen molar-refractivity contribution in [1.82, 2.24) is 10.2 Å². The third-order valence-electron chi connectivity index (χ3n) is 7.51. The maximum Gasteiger partial charge on any atom is 0.252 e. The maximum absolute atomic E-state index is 14.0. The lowest BCUT2D eigenvalue weighted by molar-refractivity contribution is -0.119. The molecule has 2 atom stereocenters. The Morgan fingerprint density at radius 1 is 1.29 bits per heavy atom. The molecule has 1 amide bonds. The van der Waals surface area contributed by atoms with E-state index in [1.807, 2.05) is 4.90 Å². The van der Waals surface area contributed by atoms with Crippen LogP contribution in [0.3, 0.4) is 0 Å². The van der Waals surface area contributed by atoms with Crippen molar-refractivity contribution >= 4 is 14.2 Å². The topological polar surface area (TPSA) is 71.0 Å².